The lowest BCUT2D eigenvalue weighted by atomic mass is 9.99. The lowest BCUT2D eigenvalue weighted by Crippen LogP contribution is -2.42. The second-order valence-corrected chi connectivity index (χ2v) is 5.96. The first-order valence-corrected chi connectivity index (χ1v) is 7.61. The monoisotopic (exact) mass is 309 g/mol. The Balaban J connectivity index is 2.04. The highest BCUT2D eigenvalue weighted by atomic mass is 32.1. The number of anilines is 1. The number of aromatic nitrogens is 2. The molecule has 1 atom stereocenters. The lowest BCUT2D eigenvalue weighted by molar-refractivity contribution is -0.389. The van der Waals surface area contributed by atoms with Crippen LogP contribution < -0.4 is 10.6 Å². The number of nitrogens with zero attached hydrogens (tertiary/aromatic N) is 4. The maximum absolute atomic E-state index is 11.4. The number of nitrogens with two attached hydrogens (primary N) is 1. The van der Waals surface area contributed by atoms with Crippen LogP contribution in [0.5, 0.6) is 0 Å². The second kappa shape index (κ2) is 5.32. The van der Waals surface area contributed by atoms with Crippen molar-refractivity contribution in [1.82, 2.24) is 9.38 Å². The molecule has 0 aliphatic carbocycles. The van der Waals surface area contributed by atoms with Crippen LogP contribution in [0.25, 0.3) is 4.96 Å². The Hall–Kier alpha value is -2.16. The fourth-order valence-electron chi connectivity index (χ4n) is 2.85. The smallest absolute Gasteiger partial charge is 0.370 e. The zero-order chi connectivity index (χ0) is 15.0. The number of imidazole rings is 1. The van der Waals surface area contributed by atoms with Gasteiger partial charge in [0.2, 0.25) is 11.7 Å². The summed E-state index contributed by atoms with van der Waals surface area (Å²) in [4.78, 5) is 29.0. The van der Waals surface area contributed by atoms with Crippen molar-refractivity contribution in [3.63, 3.8) is 0 Å². The number of thiazole rings is 1. The Morgan fingerprint density at radius 1 is 1.57 bits per heavy atom. The summed E-state index contributed by atoms with van der Waals surface area (Å²) in [6.45, 7) is 0.656. The van der Waals surface area contributed by atoms with Gasteiger partial charge in [-0.1, -0.05) is 11.3 Å². The van der Waals surface area contributed by atoms with E-state index in [2.05, 4.69) is 4.98 Å². The molecule has 0 unspecified atom stereocenters. The van der Waals surface area contributed by atoms with Gasteiger partial charge in [-0.15, -0.1) is 0 Å². The molecular formula is C12H15N5O3S. The van der Waals surface area contributed by atoms with E-state index in [1.807, 2.05) is 4.90 Å². The van der Waals surface area contributed by atoms with Crippen molar-refractivity contribution in [1.29, 1.82) is 0 Å². The quantitative estimate of drug-likeness (QED) is 0.681. The predicted octanol–water partition coefficient (Wildman–Crippen LogP) is 1.54. The third-order valence-electron chi connectivity index (χ3n) is 3.73. The molecular weight excluding hydrogens is 294 g/mol. The van der Waals surface area contributed by atoms with Gasteiger partial charge in [-0.2, -0.15) is 9.38 Å². The molecule has 3 heterocycles. The summed E-state index contributed by atoms with van der Waals surface area (Å²) in [5.74, 6) is -0.0870. The number of rotatable bonds is 4. The molecule has 0 bridgehead atoms. The number of hydrogen-bond donors (Lipinski definition) is 1. The molecule has 8 nitrogen and oxygen atoms in total. The topological polar surface area (TPSA) is 107 Å². The average Bonchev–Trinajstić information content (AvgIpc) is 2.97. The highest BCUT2D eigenvalue weighted by Crippen LogP contribution is 2.35. The molecule has 2 aromatic rings. The molecule has 1 aliphatic rings. The molecule has 3 rings (SSSR count). The molecule has 112 valence electrons. The van der Waals surface area contributed by atoms with Gasteiger partial charge in [-0.05, 0) is 24.2 Å². The highest BCUT2D eigenvalue weighted by molar-refractivity contribution is 7.15. The molecule has 0 saturated carbocycles. The molecule has 1 aliphatic heterocycles. The van der Waals surface area contributed by atoms with Gasteiger partial charge in [0.15, 0.2) is 0 Å². The van der Waals surface area contributed by atoms with Gasteiger partial charge < -0.3 is 20.7 Å². The summed E-state index contributed by atoms with van der Waals surface area (Å²) in [6, 6.07) is -0.112. The van der Waals surface area contributed by atoms with Crippen LogP contribution in [0.3, 0.4) is 0 Å². The molecule has 1 saturated heterocycles. The molecule has 21 heavy (non-hydrogen) atoms. The first-order valence-electron chi connectivity index (χ1n) is 6.73. The lowest BCUT2D eigenvalue weighted by Gasteiger charge is -2.34. The molecule has 0 aromatic carbocycles. The van der Waals surface area contributed by atoms with Gasteiger partial charge in [-0.25, -0.2) is 0 Å². The van der Waals surface area contributed by atoms with Crippen molar-refractivity contribution in [2.45, 2.75) is 31.7 Å². The maximum atomic E-state index is 11.4. The van der Waals surface area contributed by atoms with Crippen LogP contribution in [0, 0.1) is 10.1 Å². The van der Waals surface area contributed by atoms with E-state index in [0.717, 1.165) is 19.3 Å². The van der Waals surface area contributed by atoms with Crippen molar-refractivity contribution >= 4 is 33.8 Å². The molecule has 2 N–H and O–H groups in total. The minimum absolute atomic E-state index is 0.0392. The van der Waals surface area contributed by atoms with E-state index in [0.29, 0.717) is 17.3 Å². The van der Waals surface area contributed by atoms with Crippen molar-refractivity contribution in [2.75, 3.05) is 11.4 Å². The van der Waals surface area contributed by atoms with Gasteiger partial charge >= 0.3 is 5.82 Å². The number of nitro groups is 1. The van der Waals surface area contributed by atoms with Crippen LogP contribution in [0.4, 0.5) is 11.6 Å². The third-order valence-corrected chi connectivity index (χ3v) is 4.48. The van der Waals surface area contributed by atoms with E-state index in [1.54, 1.807) is 11.6 Å². The Kier molecular flexibility index (Phi) is 3.50. The van der Waals surface area contributed by atoms with E-state index in [9.17, 15) is 14.9 Å². The summed E-state index contributed by atoms with van der Waals surface area (Å²) in [6.07, 6.45) is 4.55. The minimum atomic E-state index is -0.419. The molecule has 1 fully saturated rings. The van der Waals surface area contributed by atoms with Gasteiger partial charge in [0, 0.05) is 24.4 Å². The fourth-order valence-corrected chi connectivity index (χ4v) is 3.55. The number of carbonyl (C=O) groups is 1. The molecule has 2 aromatic heterocycles. The van der Waals surface area contributed by atoms with E-state index < -0.39 is 10.8 Å². The number of hydrogen-bond acceptors (Lipinski definition) is 6. The average molecular weight is 309 g/mol. The van der Waals surface area contributed by atoms with Crippen LogP contribution in [0.2, 0.25) is 0 Å². The molecule has 0 spiro atoms. The van der Waals surface area contributed by atoms with Crippen LogP contribution in [0.15, 0.2) is 11.6 Å². The number of fused-ring (bicyclic) bond motifs is 1. The Morgan fingerprint density at radius 3 is 3.10 bits per heavy atom. The molecule has 0 radical (unpaired) electrons. The summed E-state index contributed by atoms with van der Waals surface area (Å²) >= 11 is 1.35. The normalized spacial score (nSPS) is 19.0. The Bertz CT molecular complexity index is 694. The van der Waals surface area contributed by atoms with Gasteiger partial charge in [-0.3, -0.25) is 4.79 Å². The zero-order valence-corrected chi connectivity index (χ0v) is 12.1. The van der Waals surface area contributed by atoms with Crippen molar-refractivity contribution in [3.05, 3.63) is 21.7 Å². The van der Waals surface area contributed by atoms with E-state index >= 15 is 0 Å². The van der Waals surface area contributed by atoms with Crippen molar-refractivity contribution in [3.8, 4) is 0 Å². The first-order chi connectivity index (χ1) is 10.1. The number of piperidine rings is 1. The van der Waals surface area contributed by atoms with Gasteiger partial charge in [0.25, 0.3) is 4.96 Å². The Labute approximate surface area is 124 Å². The largest absolute Gasteiger partial charge is 0.373 e. The molecule has 9 heteroatoms. The van der Waals surface area contributed by atoms with E-state index in [-0.39, 0.29) is 18.3 Å². The second-order valence-electron chi connectivity index (χ2n) is 5.09. The zero-order valence-electron chi connectivity index (χ0n) is 11.3. The highest BCUT2D eigenvalue weighted by Gasteiger charge is 2.33. The minimum Gasteiger partial charge on any atom is -0.370 e. The Morgan fingerprint density at radius 2 is 2.38 bits per heavy atom. The van der Waals surface area contributed by atoms with Crippen LogP contribution in [0.1, 0.15) is 25.7 Å². The van der Waals surface area contributed by atoms with Crippen molar-refractivity contribution in [2.24, 2.45) is 5.73 Å². The van der Waals surface area contributed by atoms with Gasteiger partial charge in [0.1, 0.15) is 6.20 Å². The third kappa shape index (κ3) is 2.44. The standard InChI is InChI=1S/C12H15N5O3S/c13-9(18)7-8-3-1-2-4-15(8)10-11(17(19)20)16-5-6-21-12(16)14-10/h5-6,8H,1-4,7H2,(H2,13,18)/t8-/m1/s1. The fraction of sp³-hybridized carbons (Fsp3) is 0.500. The number of primary amides is 1. The summed E-state index contributed by atoms with van der Waals surface area (Å²) in [5, 5.41) is 13.2. The van der Waals surface area contributed by atoms with E-state index in [4.69, 9.17) is 5.73 Å². The molecule has 1 amide bonds. The van der Waals surface area contributed by atoms with Crippen LogP contribution >= 0.6 is 11.3 Å². The SMILES string of the molecule is NC(=O)C[C@H]1CCCCN1c1nc2sccn2c1[N+](=O)[O-]. The van der Waals surface area contributed by atoms with Crippen molar-refractivity contribution < 1.29 is 9.72 Å². The first kappa shape index (κ1) is 13.8. The number of amides is 1. The van der Waals surface area contributed by atoms with Crippen LogP contribution in [-0.4, -0.2) is 32.8 Å². The summed E-state index contributed by atoms with van der Waals surface area (Å²) in [7, 11) is 0. The maximum Gasteiger partial charge on any atom is 0.373 e. The number of carbonyl (C=O) groups excluding carboxylic acids is 1. The summed E-state index contributed by atoms with van der Waals surface area (Å²) in [5.41, 5.74) is 5.29. The van der Waals surface area contributed by atoms with Gasteiger partial charge in [0.05, 0.1) is 0 Å². The predicted molar refractivity (Wildman–Crippen MR) is 78.5 cm³/mol. The summed E-state index contributed by atoms with van der Waals surface area (Å²) < 4.78 is 1.48. The van der Waals surface area contributed by atoms with E-state index in [1.165, 1.54) is 15.7 Å². The van der Waals surface area contributed by atoms with Crippen LogP contribution in [-0.2, 0) is 4.79 Å².